The van der Waals surface area contributed by atoms with E-state index in [-0.39, 0.29) is 0 Å². The molecule has 86 valence electrons. The Balaban J connectivity index is 2.08. The Morgan fingerprint density at radius 3 is 2.94 bits per heavy atom. The van der Waals surface area contributed by atoms with E-state index in [1.807, 2.05) is 12.1 Å². The highest BCUT2D eigenvalue weighted by Crippen LogP contribution is 2.21. The number of aryl methyl sites for hydroxylation is 1. The third-order valence-electron chi connectivity index (χ3n) is 2.42. The number of fused-ring (bicyclic) bond motifs is 1. The summed E-state index contributed by atoms with van der Waals surface area (Å²) in [5.41, 5.74) is 1.79. The van der Waals surface area contributed by atoms with Gasteiger partial charge in [0.25, 0.3) is 0 Å². The highest BCUT2D eigenvalue weighted by Gasteiger charge is 2.05. The van der Waals surface area contributed by atoms with E-state index < -0.39 is 0 Å². The quantitative estimate of drug-likeness (QED) is 0.863. The molecule has 2 rings (SSSR count). The lowest BCUT2D eigenvalue weighted by molar-refractivity contribution is 0.392. The zero-order chi connectivity index (χ0) is 11.5. The normalized spacial score (nSPS) is 11.5. The molecule has 0 fully saturated rings. The van der Waals surface area contributed by atoms with Crippen molar-refractivity contribution in [1.29, 1.82) is 0 Å². The van der Waals surface area contributed by atoms with Crippen molar-refractivity contribution in [2.75, 3.05) is 20.6 Å². The van der Waals surface area contributed by atoms with Crippen LogP contribution in [-0.4, -0.2) is 30.5 Å². The second-order valence-electron chi connectivity index (χ2n) is 4.16. The van der Waals surface area contributed by atoms with Gasteiger partial charge in [-0.3, -0.25) is 4.98 Å². The van der Waals surface area contributed by atoms with Crippen LogP contribution >= 0.6 is 15.9 Å². The first kappa shape index (κ1) is 11.6. The molecule has 0 aliphatic heterocycles. The molecule has 0 amide bonds. The summed E-state index contributed by atoms with van der Waals surface area (Å²) in [6.45, 7) is 1.08. The van der Waals surface area contributed by atoms with E-state index in [1.54, 1.807) is 6.20 Å². The Bertz CT molecular complexity index is 479. The van der Waals surface area contributed by atoms with Crippen molar-refractivity contribution in [2.45, 2.75) is 12.8 Å². The van der Waals surface area contributed by atoms with Crippen LogP contribution in [0.4, 0.5) is 0 Å². The highest BCUT2D eigenvalue weighted by molar-refractivity contribution is 9.10. The molecule has 0 saturated carbocycles. The van der Waals surface area contributed by atoms with Crippen molar-refractivity contribution >= 4 is 27.0 Å². The average molecular weight is 283 g/mol. The SMILES string of the molecule is CN(C)CCCc1cc2ncc(Br)cc2o1. The first-order valence-electron chi connectivity index (χ1n) is 5.34. The Kier molecular flexibility index (Phi) is 3.61. The molecule has 0 spiro atoms. The van der Waals surface area contributed by atoms with Gasteiger partial charge >= 0.3 is 0 Å². The number of hydrogen-bond acceptors (Lipinski definition) is 3. The summed E-state index contributed by atoms with van der Waals surface area (Å²) in [5, 5.41) is 0. The van der Waals surface area contributed by atoms with Crippen LogP contribution in [0.15, 0.2) is 27.2 Å². The maximum absolute atomic E-state index is 5.72. The van der Waals surface area contributed by atoms with Gasteiger partial charge in [-0.2, -0.15) is 0 Å². The number of pyridine rings is 1. The van der Waals surface area contributed by atoms with Crippen molar-refractivity contribution in [2.24, 2.45) is 0 Å². The number of nitrogens with zero attached hydrogens (tertiary/aromatic N) is 2. The van der Waals surface area contributed by atoms with Crippen molar-refractivity contribution in [3.05, 3.63) is 28.6 Å². The second kappa shape index (κ2) is 4.97. The van der Waals surface area contributed by atoms with Crippen LogP contribution < -0.4 is 0 Å². The Labute approximate surface area is 104 Å². The van der Waals surface area contributed by atoms with Crippen molar-refractivity contribution < 1.29 is 4.42 Å². The zero-order valence-corrected chi connectivity index (χ0v) is 11.1. The molecule has 0 aromatic carbocycles. The summed E-state index contributed by atoms with van der Waals surface area (Å²) in [7, 11) is 4.16. The lowest BCUT2D eigenvalue weighted by Gasteiger charge is -2.07. The van der Waals surface area contributed by atoms with Gasteiger partial charge in [0.2, 0.25) is 0 Å². The van der Waals surface area contributed by atoms with Crippen LogP contribution in [-0.2, 0) is 6.42 Å². The fraction of sp³-hybridized carbons (Fsp3) is 0.417. The minimum absolute atomic E-state index is 0.856. The summed E-state index contributed by atoms with van der Waals surface area (Å²) in [5.74, 6) is 1.02. The van der Waals surface area contributed by atoms with Crippen molar-refractivity contribution in [3.63, 3.8) is 0 Å². The molecule has 2 aromatic rings. The molecule has 0 aliphatic carbocycles. The Morgan fingerprint density at radius 2 is 2.19 bits per heavy atom. The molecule has 3 nitrogen and oxygen atoms in total. The number of rotatable bonds is 4. The van der Waals surface area contributed by atoms with Gasteiger partial charge in [0, 0.05) is 23.2 Å². The molecule has 0 saturated heterocycles. The van der Waals surface area contributed by atoms with E-state index in [0.717, 1.165) is 40.7 Å². The maximum atomic E-state index is 5.72. The first-order valence-corrected chi connectivity index (χ1v) is 6.13. The zero-order valence-electron chi connectivity index (χ0n) is 9.53. The van der Waals surface area contributed by atoms with Gasteiger partial charge in [-0.1, -0.05) is 0 Å². The molecular weight excluding hydrogens is 268 g/mol. The van der Waals surface area contributed by atoms with E-state index >= 15 is 0 Å². The van der Waals surface area contributed by atoms with Crippen LogP contribution in [0.2, 0.25) is 0 Å². The van der Waals surface area contributed by atoms with Gasteiger partial charge in [0.05, 0.1) is 0 Å². The maximum Gasteiger partial charge on any atom is 0.153 e. The number of furan rings is 1. The van der Waals surface area contributed by atoms with Crippen LogP contribution in [0.1, 0.15) is 12.2 Å². The monoisotopic (exact) mass is 282 g/mol. The Morgan fingerprint density at radius 1 is 1.38 bits per heavy atom. The summed E-state index contributed by atoms with van der Waals surface area (Å²) in [6, 6.07) is 3.98. The van der Waals surface area contributed by atoms with E-state index in [9.17, 15) is 0 Å². The van der Waals surface area contributed by atoms with E-state index in [0.29, 0.717) is 0 Å². The highest BCUT2D eigenvalue weighted by atomic mass is 79.9. The van der Waals surface area contributed by atoms with E-state index in [4.69, 9.17) is 4.42 Å². The van der Waals surface area contributed by atoms with E-state index in [2.05, 4.69) is 39.9 Å². The third-order valence-corrected chi connectivity index (χ3v) is 2.85. The van der Waals surface area contributed by atoms with Gasteiger partial charge in [-0.15, -0.1) is 0 Å². The summed E-state index contributed by atoms with van der Waals surface area (Å²) in [6.07, 6.45) is 3.86. The van der Waals surface area contributed by atoms with Gasteiger partial charge in [0.15, 0.2) is 5.58 Å². The van der Waals surface area contributed by atoms with E-state index in [1.165, 1.54) is 0 Å². The van der Waals surface area contributed by atoms with Gasteiger partial charge in [-0.05, 0) is 49.1 Å². The first-order chi connectivity index (χ1) is 7.65. The topological polar surface area (TPSA) is 29.3 Å². The predicted molar refractivity (Wildman–Crippen MR) is 68.6 cm³/mol. The summed E-state index contributed by atoms with van der Waals surface area (Å²) < 4.78 is 6.67. The molecule has 0 radical (unpaired) electrons. The van der Waals surface area contributed by atoms with Crippen LogP contribution in [0.3, 0.4) is 0 Å². The van der Waals surface area contributed by atoms with Crippen molar-refractivity contribution in [3.8, 4) is 0 Å². The lowest BCUT2D eigenvalue weighted by Crippen LogP contribution is -2.13. The van der Waals surface area contributed by atoms with Crippen LogP contribution in [0.25, 0.3) is 11.1 Å². The molecule has 0 aliphatic rings. The largest absolute Gasteiger partial charge is 0.459 e. The van der Waals surface area contributed by atoms with Crippen molar-refractivity contribution in [1.82, 2.24) is 9.88 Å². The molecule has 0 unspecified atom stereocenters. The molecular formula is C12H15BrN2O. The number of hydrogen-bond donors (Lipinski definition) is 0. The molecule has 16 heavy (non-hydrogen) atoms. The smallest absolute Gasteiger partial charge is 0.153 e. The van der Waals surface area contributed by atoms with Crippen LogP contribution in [0, 0.1) is 0 Å². The number of halogens is 1. The molecule has 4 heteroatoms. The molecule has 0 N–H and O–H groups in total. The molecule has 2 aromatic heterocycles. The predicted octanol–water partition coefficient (Wildman–Crippen LogP) is 3.08. The van der Waals surface area contributed by atoms with Gasteiger partial charge < -0.3 is 9.32 Å². The average Bonchev–Trinajstić information content (AvgIpc) is 2.58. The minimum Gasteiger partial charge on any atom is -0.459 e. The lowest BCUT2D eigenvalue weighted by atomic mass is 10.2. The fourth-order valence-corrected chi connectivity index (χ4v) is 1.95. The summed E-state index contributed by atoms with van der Waals surface area (Å²) in [4.78, 5) is 6.47. The van der Waals surface area contributed by atoms with Crippen LogP contribution in [0.5, 0.6) is 0 Å². The summed E-state index contributed by atoms with van der Waals surface area (Å²) >= 11 is 3.38. The molecule has 0 atom stereocenters. The fourth-order valence-electron chi connectivity index (χ4n) is 1.64. The van der Waals surface area contributed by atoms with Gasteiger partial charge in [0.1, 0.15) is 11.3 Å². The second-order valence-corrected chi connectivity index (χ2v) is 5.07. The number of aromatic nitrogens is 1. The molecule has 0 bridgehead atoms. The third kappa shape index (κ3) is 2.83. The van der Waals surface area contributed by atoms with Gasteiger partial charge in [-0.25, -0.2) is 0 Å². The minimum atomic E-state index is 0.856. The molecule has 2 heterocycles. The Hall–Kier alpha value is -0.870. The standard InChI is InChI=1S/C12H15BrN2O/c1-15(2)5-3-4-10-7-11-12(16-10)6-9(13)8-14-11/h6-8H,3-5H2,1-2H3.